The summed E-state index contributed by atoms with van der Waals surface area (Å²) in [5, 5.41) is 16.9. The predicted molar refractivity (Wildman–Crippen MR) is 160 cm³/mol. The normalized spacial score (nSPS) is 19.3. The second kappa shape index (κ2) is 11.7. The Bertz CT molecular complexity index is 1680. The lowest BCUT2D eigenvalue weighted by atomic mass is 10.0. The highest BCUT2D eigenvalue weighted by atomic mass is 16.5. The number of piperazine rings is 1. The summed E-state index contributed by atoms with van der Waals surface area (Å²) in [4.78, 5) is 31.7. The van der Waals surface area contributed by atoms with Crippen LogP contribution in [0.25, 0.3) is 21.3 Å². The van der Waals surface area contributed by atoms with Gasteiger partial charge in [0.1, 0.15) is 18.4 Å². The number of likely N-dealkylation sites (tertiary alicyclic amines) is 1. The molecule has 0 spiro atoms. The van der Waals surface area contributed by atoms with Crippen LogP contribution in [0.1, 0.15) is 24.1 Å². The quantitative estimate of drug-likeness (QED) is 0.256. The highest BCUT2D eigenvalue weighted by molar-refractivity contribution is 5.91. The molecule has 0 saturated carbocycles. The number of anilines is 1. The van der Waals surface area contributed by atoms with Crippen LogP contribution in [0.4, 0.5) is 5.82 Å². The Labute approximate surface area is 244 Å². The van der Waals surface area contributed by atoms with Gasteiger partial charge in [-0.05, 0) is 49.5 Å². The molecule has 2 saturated heterocycles. The van der Waals surface area contributed by atoms with Gasteiger partial charge in [-0.15, -0.1) is 5.10 Å². The average Bonchev–Trinajstić information content (AvgIpc) is 3.62. The molecule has 42 heavy (non-hydrogen) atoms. The summed E-state index contributed by atoms with van der Waals surface area (Å²) in [7, 11) is 2.11. The maximum atomic E-state index is 12.5. The molecule has 2 fully saturated rings. The van der Waals surface area contributed by atoms with E-state index in [4.69, 9.17) is 26.4 Å². The molecule has 4 heterocycles. The molecule has 11 nitrogen and oxygen atoms in total. The topological polar surface area (TPSA) is 104 Å². The number of aromatic hydroxyl groups is 1. The molecule has 1 N–H and O–H groups in total. The third-order valence-corrected chi connectivity index (χ3v) is 8.38. The molecule has 2 aromatic heterocycles. The van der Waals surface area contributed by atoms with Gasteiger partial charge in [-0.1, -0.05) is 36.9 Å². The molecule has 11 heteroatoms. The van der Waals surface area contributed by atoms with Gasteiger partial charge in [0.2, 0.25) is 12.5 Å². The Balaban J connectivity index is 1.38. The third kappa shape index (κ3) is 5.21. The Morgan fingerprint density at radius 3 is 2.79 bits per heavy atom. The van der Waals surface area contributed by atoms with E-state index in [2.05, 4.69) is 28.3 Å². The van der Waals surface area contributed by atoms with E-state index in [1.54, 1.807) is 21.7 Å². The van der Waals surface area contributed by atoms with Crippen LogP contribution in [-0.4, -0.2) is 98.9 Å². The van der Waals surface area contributed by atoms with E-state index in [0.29, 0.717) is 50.2 Å². The first-order chi connectivity index (χ1) is 20.5. The van der Waals surface area contributed by atoms with Crippen LogP contribution in [-0.2, 0) is 11.2 Å². The monoisotopic (exact) mass is 566 g/mol. The van der Waals surface area contributed by atoms with Crippen LogP contribution in [0, 0.1) is 6.57 Å². The second-order valence-electron chi connectivity index (χ2n) is 10.9. The number of ether oxygens (including phenoxy) is 1. The lowest BCUT2D eigenvalue weighted by Crippen LogP contribution is -2.56. The zero-order chi connectivity index (χ0) is 29.2. The van der Waals surface area contributed by atoms with Crippen molar-refractivity contribution in [3.05, 3.63) is 77.9 Å². The average molecular weight is 567 g/mol. The molecule has 0 aliphatic carbocycles. The van der Waals surface area contributed by atoms with E-state index in [1.165, 1.54) is 6.08 Å². The van der Waals surface area contributed by atoms with Crippen molar-refractivity contribution in [3.8, 4) is 11.8 Å². The molecule has 0 radical (unpaired) electrons. The van der Waals surface area contributed by atoms with E-state index >= 15 is 0 Å². The van der Waals surface area contributed by atoms with E-state index in [0.717, 1.165) is 41.4 Å². The summed E-state index contributed by atoms with van der Waals surface area (Å²) < 4.78 is 8.01. The lowest BCUT2D eigenvalue weighted by molar-refractivity contribution is -0.128. The van der Waals surface area contributed by atoms with Crippen molar-refractivity contribution in [1.29, 1.82) is 0 Å². The van der Waals surface area contributed by atoms with Gasteiger partial charge in [0, 0.05) is 37.5 Å². The number of rotatable bonds is 8. The lowest BCUT2D eigenvalue weighted by Gasteiger charge is -2.39. The number of phenols is 1. The van der Waals surface area contributed by atoms with Gasteiger partial charge >= 0.3 is 6.01 Å². The summed E-state index contributed by atoms with van der Waals surface area (Å²) in [5.74, 6) is 0.681. The van der Waals surface area contributed by atoms with Gasteiger partial charge in [0.25, 0.3) is 0 Å². The van der Waals surface area contributed by atoms with E-state index in [1.807, 2.05) is 30.3 Å². The van der Waals surface area contributed by atoms with Crippen LogP contribution < -0.4 is 9.64 Å². The molecule has 6 rings (SSSR count). The second-order valence-corrected chi connectivity index (χ2v) is 10.9. The van der Waals surface area contributed by atoms with Crippen molar-refractivity contribution in [1.82, 2.24) is 29.4 Å². The molecule has 0 bridgehead atoms. The van der Waals surface area contributed by atoms with E-state index in [9.17, 15) is 9.90 Å². The van der Waals surface area contributed by atoms with Gasteiger partial charge in [0.15, 0.2) is 11.5 Å². The first-order valence-corrected chi connectivity index (χ1v) is 14.2. The molecular weight excluding hydrogens is 532 g/mol. The van der Waals surface area contributed by atoms with Crippen molar-refractivity contribution >= 4 is 28.1 Å². The number of hydrogen-bond donors (Lipinski definition) is 1. The van der Waals surface area contributed by atoms with Gasteiger partial charge in [-0.25, -0.2) is 16.1 Å². The number of hydrogen-bond acceptors (Lipinski definition) is 8. The molecule has 0 unspecified atom stereocenters. The van der Waals surface area contributed by atoms with Crippen LogP contribution in [0.2, 0.25) is 0 Å². The maximum Gasteiger partial charge on any atom is 0.336 e. The number of likely N-dealkylation sites (N-methyl/N-ethyl adjacent to an activating group) is 1. The number of imidazole rings is 1. The Morgan fingerprint density at radius 2 is 2.02 bits per heavy atom. The predicted octanol–water partition coefficient (Wildman–Crippen LogP) is 3.17. The molecule has 2 aromatic carbocycles. The van der Waals surface area contributed by atoms with Gasteiger partial charge < -0.3 is 29.4 Å². The fourth-order valence-corrected chi connectivity index (χ4v) is 6.06. The number of carbonyl (C=O) groups is 1. The molecule has 1 amide bonds. The Hall–Kier alpha value is -4.69. The SMILES string of the molecule is [C-]#[N+]C[C@H]1CN(c2nc(OC[C@@H]3CCCN3C)nn3c(Cc4ccc(O)c5ccccc45)cnc23)CCN1C(=O)C=C. The van der Waals surface area contributed by atoms with Gasteiger partial charge in [-0.2, -0.15) is 4.98 Å². The number of aromatic nitrogens is 4. The van der Waals surface area contributed by atoms with Crippen LogP contribution in [0.3, 0.4) is 0 Å². The Morgan fingerprint density at radius 1 is 1.19 bits per heavy atom. The standard InChI is InChI=1S/C31H34N8O3/c1-4-28(41)38-15-14-37(19-24(38)17-32-2)30-29-33-18-23(16-21-11-12-27(40)26-10-6-5-9-25(21)26)39(29)35-31(34-30)42-20-22-8-7-13-36(22)3/h4-6,9-12,18,22,24,40H,1,7-8,13-17,19-20H2,3H3/t22-,24-/m0/s1. The minimum absolute atomic E-state index is 0.176. The number of amides is 1. The minimum Gasteiger partial charge on any atom is -0.507 e. The summed E-state index contributed by atoms with van der Waals surface area (Å²) >= 11 is 0. The molecule has 2 aliphatic rings. The Kier molecular flexibility index (Phi) is 7.63. The number of phenolic OH excluding ortho intramolecular Hbond substituents is 1. The fraction of sp³-hybridized carbons (Fsp3) is 0.387. The summed E-state index contributed by atoms with van der Waals surface area (Å²) in [5.41, 5.74) is 2.48. The van der Waals surface area contributed by atoms with Crippen molar-refractivity contribution < 1.29 is 14.6 Å². The maximum absolute atomic E-state index is 12.5. The number of carbonyl (C=O) groups excluding carboxylic acids is 1. The summed E-state index contributed by atoms with van der Waals surface area (Å²) in [6.07, 6.45) is 5.84. The summed E-state index contributed by atoms with van der Waals surface area (Å²) in [6, 6.07) is 11.7. The first-order valence-electron chi connectivity index (χ1n) is 14.2. The molecule has 2 aliphatic heterocycles. The third-order valence-electron chi connectivity index (χ3n) is 8.38. The zero-order valence-corrected chi connectivity index (χ0v) is 23.7. The molecule has 2 atom stereocenters. The number of fused-ring (bicyclic) bond motifs is 2. The van der Waals surface area contributed by atoms with E-state index < -0.39 is 0 Å². The summed E-state index contributed by atoms with van der Waals surface area (Å²) in [6.45, 7) is 14.2. The molecule has 216 valence electrons. The van der Waals surface area contributed by atoms with Gasteiger partial charge in [-0.3, -0.25) is 4.79 Å². The molecular formula is C31H34N8O3. The smallest absolute Gasteiger partial charge is 0.336 e. The fourth-order valence-electron chi connectivity index (χ4n) is 6.06. The minimum atomic E-state index is -0.300. The largest absolute Gasteiger partial charge is 0.507 e. The van der Waals surface area contributed by atoms with E-state index in [-0.39, 0.29) is 30.3 Å². The number of nitrogens with zero attached hydrogens (tertiary/aromatic N) is 8. The highest BCUT2D eigenvalue weighted by Gasteiger charge is 2.34. The van der Waals surface area contributed by atoms with Crippen molar-refractivity contribution in [2.45, 2.75) is 31.3 Å². The van der Waals surface area contributed by atoms with Crippen LogP contribution in [0.5, 0.6) is 11.8 Å². The molecule has 4 aromatic rings. The highest BCUT2D eigenvalue weighted by Crippen LogP contribution is 2.30. The first kappa shape index (κ1) is 27.5. The zero-order valence-electron chi connectivity index (χ0n) is 23.7. The van der Waals surface area contributed by atoms with Gasteiger partial charge in [0.05, 0.1) is 11.9 Å². The van der Waals surface area contributed by atoms with Crippen LogP contribution >= 0.6 is 0 Å². The van der Waals surface area contributed by atoms with Crippen molar-refractivity contribution in [3.63, 3.8) is 0 Å². The van der Waals surface area contributed by atoms with Crippen molar-refractivity contribution in [2.75, 3.05) is 51.3 Å². The van der Waals surface area contributed by atoms with Crippen LogP contribution in [0.15, 0.2) is 55.3 Å². The van der Waals surface area contributed by atoms with Crippen molar-refractivity contribution in [2.24, 2.45) is 0 Å². The number of benzene rings is 2.